The Balaban J connectivity index is 1.83. The minimum absolute atomic E-state index is 0.0829. The molecule has 1 aliphatic heterocycles. The molecule has 0 aromatic carbocycles. The number of alkyl carbamates (subject to hydrolysis) is 1. The summed E-state index contributed by atoms with van der Waals surface area (Å²) in [5.41, 5.74) is -1.12. The molecule has 1 saturated heterocycles. The second-order valence-corrected chi connectivity index (χ2v) is 7.78. The average molecular weight is 283 g/mol. The van der Waals surface area contributed by atoms with Crippen molar-refractivity contribution < 1.29 is 18.8 Å². The van der Waals surface area contributed by atoms with Gasteiger partial charge in [0.25, 0.3) is 0 Å². The van der Waals surface area contributed by atoms with Gasteiger partial charge < -0.3 is 19.4 Å². The molecule has 0 radical (unpaired) electrons. The monoisotopic (exact) mass is 283 g/mol. The van der Waals surface area contributed by atoms with Gasteiger partial charge >= 0.3 is 13.2 Å². The molecule has 1 N–H and O–H groups in total. The van der Waals surface area contributed by atoms with Crippen LogP contribution in [0.4, 0.5) is 4.79 Å². The average Bonchev–Trinajstić information content (AvgIpc) is 2.86. The Morgan fingerprint density at radius 3 is 2.15 bits per heavy atom. The van der Waals surface area contributed by atoms with Crippen molar-refractivity contribution in [1.29, 1.82) is 0 Å². The van der Waals surface area contributed by atoms with Crippen LogP contribution in [0.2, 0.25) is 5.82 Å². The molecule has 2 rings (SSSR count). The lowest BCUT2D eigenvalue weighted by Crippen LogP contribution is -2.41. The van der Waals surface area contributed by atoms with E-state index in [2.05, 4.69) is 5.32 Å². The number of ether oxygens (including phenoxy) is 1. The predicted molar refractivity (Wildman–Crippen MR) is 77.6 cm³/mol. The number of nitrogens with one attached hydrogen (secondary N) is 1. The van der Waals surface area contributed by atoms with Crippen LogP contribution in [0.3, 0.4) is 0 Å². The first kappa shape index (κ1) is 15.6. The van der Waals surface area contributed by atoms with Crippen LogP contribution >= 0.6 is 0 Å². The quantitative estimate of drug-likeness (QED) is 0.792. The van der Waals surface area contributed by atoms with Gasteiger partial charge in [-0.3, -0.25) is 0 Å². The van der Waals surface area contributed by atoms with E-state index in [4.69, 9.17) is 14.0 Å². The van der Waals surface area contributed by atoms with Crippen LogP contribution in [0.5, 0.6) is 0 Å². The number of rotatable bonds is 2. The SMILES string of the molecule is CC(C)(C)OC(=O)N[C@@H]1C[C@H]1B1OC(C)(C)C(C)(C)O1. The van der Waals surface area contributed by atoms with Crippen LogP contribution in [0, 0.1) is 0 Å². The number of carbonyl (C=O) groups is 1. The van der Waals surface area contributed by atoms with Crippen molar-refractivity contribution in [2.24, 2.45) is 0 Å². The maximum Gasteiger partial charge on any atom is 0.463 e. The van der Waals surface area contributed by atoms with Crippen molar-refractivity contribution in [3.8, 4) is 0 Å². The molecular weight excluding hydrogens is 257 g/mol. The molecule has 5 nitrogen and oxygen atoms in total. The smallest absolute Gasteiger partial charge is 0.444 e. The summed E-state index contributed by atoms with van der Waals surface area (Å²) in [6, 6.07) is 0.0829. The molecular formula is C14H26BNO4. The van der Waals surface area contributed by atoms with Gasteiger partial charge in [0, 0.05) is 11.9 Å². The summed E-state index contributed by atoms with van der Waals surface area (Å²) in [4.78, 5) is 11.7. The lowest BCUT2D eigenvalue weighted by Gasteiger charge is -2.32. The van der Waals surface area contributed by atoms with E-state index in [1.807, 2.05) is 48.5 Å². The first-order valence-electron chi connectivity index (χ1n) is 7.26. The van der Waals surface area contributed by atoms with Crippen LogP contribution in [-0.4, -0.2) is 36.1 Å². The second-order valence-electron chi connectivity index (χ2n) is 7.78. The largest absolute Gasteiger partial charge is 0.463 e. The Bertz CT molecular complexity index is 386. The Kier molecular flexibility index (Phi) is 3.62. The highest BCUT2D eigenvalue weighted by atomic mass is 16.7. The summed E-state index contributed by atoms with van der Waals surface area (Å²) >= 11 is 0. The van der Waals surface area contributed by atoms with Gasteiger partial charge in [-0.2, -0.15) is 0 Å². The van der Waals surface area contributed by atoms with Crippen molar-refractivity contribution in [2.75, 3.05) is 0 Å². The van der Waals surface area contributed by atoms with E-state index < -0.39 is 5.60 Å². The van der Waals surface area contributed by atoms with Gasteiger partial charge in [-0.05, 0) is 54.9 Å². The van der Waals surface area contributed by atoms with Crippen LogP contribution < -0.4 is 5.32 Å². The number of amides is 1. The van der Waals surface area contributed by atoms with Crippen molar-refractivity contribution >= 4 is 13.2 Å². The van der Waals surface area contributed by atoms with Crippen molar-refractivity contribution in [3.05, 3.63) is 0 Å². The lowest BCUT2D eigenvalue weighted by molar-refractivity contribution is 0.00578. The van der Waals surface area contributed by atoms with Gasteiger partial charge in [-0.25, -0.2) is 4.79 Å². The van der Waals surface area contributed by atoms with E-state index in [9.17, 15) is 4.79 Å². The van der Waals surface area contributed by atoms with Crippen LogP contribution in [0.15, 0.2) is 0 Å². The zero-order valence-electron chi connectivity index (χ0n) is 13.6. The Hall–Kier alpha value is -0.745. The zero-order chi connectivity index (χ0) is 15.3. The van der Waals surface area contributed by atoms with Crippen LogP contribution in [0.25, 0.3) is 0 Å². The zero-order valence-corrected chi connectivity index (χ0v) is 13.6. The lowest BCUT2D eigenvalue weighted by atomic mass is 9.82. The molecule has 0 unspecified atom stereocenters. The van der Waals surface area contributed by atoms with Crippen molar-refractivity contribution in [3.63, 3.8) is 0 Å². The summed E-state index contributed by atoms with van der Waals surface area (Å²) in [6.45, 7) is 13.7. The minimum Gasteiger partial charge on any atom is -0.444 e. The topological polar surface area (TPSA) is 56.8 Å². The second kappa shape index (κ2) is 4.63. The van der Waals surface area contributed by atoms with Gasteiger partial charge in [-0.1, -0.05) is 0 Å². The Labute approximate surface area is 121 Å². The van der Waals surface area contributed by atoms with Crippen LogP contribution in [-0.2, 0) is 14.0 Å². The molecule has 0 bridgehead atoms. The molecule has 2 atom stereocenters. The van der Waals surface area contributed by atoms with Crippen molar-refractivity contribution in [1.82, 2.24) is 5.32 Å². The molecule has 1 heterocycles. The number of hydrogen-bond acceptors (Lipinski definition) is 4. The summed E-state index contributed by atoms with van der Waals surface area (Å²) in [5.74, 6) is 0.212. The third-order valence-electron chi connectivity index (χ3n) is 4.16. The summed E-state index contributed by atoms with van der Waals surface area (Å²) < 4.78 is 17.2. The predicted octanol–water partition coefficient (Wildman–Crippen LogP) is 2.75. The highest BCUT2D eigenvalue weighted by Crippen LogP contribution is 2.48. The highest BCUT2D eigenvalue weighted by Gasteiger charge is 2.60. The van der Waals surface area contributed by atoms with Gasteiger partial charge in [-0.15, -0.1) is 0 Å². The molecule has 2 fully saturated rings. The van der Waals surface area contributed by atoms with E-state index in [1.54, 1.807) is 0 Å². The Morgan fingerprint density at radius 2 is 1.70 bits per heavy atom. The number of carbonyl (C=O) groups excluding carboxylic acids is 1. The van der Waals surface area contributed by atoms with Gasteiger partial charge in [0.1, 0.15) is 5.60 Å². The van der Waals surface area contributed by atoms with E-state index in [1.165, 1.54) is 0 Å². The molecule has 1 amide bonds. The van der Waals surface area contributed by atoms with E-state index in [-0.39, 0.29) is 36.3 Å². The normalized spacial score (nSPS) is 31.1. The van der Waals surface area contributed by atoms with Crippen molar-refractivity contribution in [2.45, 2.75) is 83.5 Å². The fourth-order valence-corrected chi connectivity index (χ4v) is 2.20. The van der Waals surface area contributed by atoms with E-state index in [0.717, 1.165) is 6.42 Å². The van der Waals surface area contributed by atoms with Crippen LogP contribution in [0.1, 0.15) is 54.9 Å². The summed E-state index contributed by atoms with van der Waals surface area (Å²) in [7, 11) is -0.250. The van der Waals surface area contributed by atoms with Gasteiger partial charge in [0.05, 0.1) is 11.2 Å². The first-order valence-corrected chi connectivity index (χ1v) is 7.26. The molecule has 0 aromatic heterocycles. The first-order chi connectivity index (χ1) is 8.91. The van der Waals surface area contributed by atoms with Gasteiger partial charge in [0.15, 0.2) is 0 Å². The molecule has 1 aliphatic carbocycles. The maximum atomic E-state index is 11.7. The maximum absolute atomic E-state index is 11.7. The van der Waals surface area contributed by atoms with E-state index in [0.29, 0.717) is 0 Å². The molecule has 20 heavy (non-hydrogen) atoms. The molecule has 6 heteroatoms. The molecule has 0 spiro atoms. The van der Waals surface area contributed by atoms with Gasteiger partial charge in [0.2, 0.25) is 0 Å². The highest BCUT2D eigenvalue weighted by molar-refractivity contribution is 6.49. The molecule has 0 aromatic rings. The summed E-state index contributed by atoms with van der Waals surface area (Å²) in [6.07, 6.45) is 0.498. The third kappa shape index (κ3) is 3.28. The Morgan fingerprint density at radius 1 is 1.20 bits per heavy atom. The number of hydrogen-bond donors (Lipinski definition) is 1. The standard InChI is InChI=1S/C14H26BNO4/c1-12(2,3)18-11(17)16-10-8-9(10)15-19-13(4,5)14(6,7)20-15/h9-10H,8H2,1-7H3,(H,16,17)/t9-,10-/m1/s1. The molecule has 1 saturated carbocycles. The van der Waals surface area contributed by atoms with E-state index >= 15 is 0 Å². The molecule has 114 valence electrons. The fourth-order valence-electron chi connectivity index (χ4n) is 2.20. The minimum atomic E-state index is -0.473. The fraction of sp³-hybridized carbons (Fsp3) is 0.929. The third-order valence-corrected chi connectivity index (χ3v) is 4.16. The molecule has 2 aliphatic rings. The summed E-state index contributed by atoms with van der Waals surface area (Å²) in [5, 5.41) is 2.87.